The number of phenolic OH excluding ortho intramolecular Hbond substituents is 4. The van der Waals surface area contributed by atoms with Gasteiger partial charge in [-0.3, -0.25) is 0 Å². The standard InChI is InChI=1S/C18H21NO4/c1-10-8-19(2)9-14(11-3-4-15(20)16(21)5-11)13-7-18(23)17(22)6-12(10)13/h3-7,10,14,20-23H,8-9H2,1-2H3. The van der Waals surface area contributed by atoms with Gasteiger partial charge in [0, 0.05) is 19.0 Å². The number of nitrogens with zero attached hydrogens (tertiary/aromatic N) is 1. The Kier molecular flexibility index (Phi) is 3.82. The highest BCUT2D eigenvalue weighted by molar-refractivity contribution is 5.52. The Balaban J connectivity index is 2.17. The predicted octanol–water partition coefficient (Wildman–Crippen LogP) is 2.69. The van der Waals surface area contributed by atoms with Gasteiger partial charge >= 0.3 is 0 Å². The molecule has 0 fully saturated rings. The number of hydrogen-bond donors (Lipinski definition) is 4. The van der Waals surface area contributed by atoms with Crippen LogP contribution >= 0.6 is 0 Å². The molecule has 122 valence electrons. The summed E-state index contributed by atoms with van der Waals surface area (Å²) >= 11 is 0. The van der Waals surface area contributed by atoms with E-state index in [0.29, 0.717) is 6.54 Å². The average molecular weight is 315 g/mol. The second kappa shape index (κ2) is 5.66. The second-order valence-corrected chi connectivity index (χ2v) is 6.39. The SMILES string of the molecule is CC1CN(C)CC(c2ccc(O)c(O)c2)c2cc(O)c(O)cc21. The molecule has 1 aliphatic heterocycles. The van der Waals surface area contributed by atoms with E-state index in [1.807, 2.05) is 7.05 Å². The Morgan fingerprint density at radius 2 is 1.43 bits per heavy atom. The number of benzene rings is 2. The lowest BCUT2D eigenvalue weighted by molar-refractivity contribution is 0.319. The number of hydrogen-bond acceptors (Lipinski definition) is 5. The molecule has 2 atom stereocenters. The van der Waals surface area contributed by atoms with Crippen LogP contribution in [-0.2, 0) is 0 Å². The van der Waals surface area contributed by atoms with Crippen molar-refractivity contribution in [3.8, 4) is 23.0 Å². The van der Waals surface area contributed by atoms with Crippen LogP contribution in [0.5, 0.6) is 23.0 Å². The molecule has 2 unspecified atom stereocenters. The lowest BCUT2D eigenvalue weighted by Crippen LogP contribution is -2.25. The molecule has 23 heavy (non-hydrogen) atoms. The van der Waals surface area contributed by atoms with Crippen molar-refractivity contribution < 1.29 is 20.4 Å². The fourth-order valence-corrected chi connectivity index (χ4v) is 3.43. The fourth-order valence-electron chi connectivity index (χ4n) is 3.43. The molecule has 0 amide bonds. The molecule has 0 radical (unpaired) electrons. The van der Waals surface area contributed by atoms with Crippen molar-refractivity contribution in [1.29, 1.82) is 0 Å². The molecule has 0 saturated carbocycles. The van der Waals surface area contributed by atoms with Crippen LogP contribution in [0.15, 0.2) is 30.3 Å². The number of phenols is 4. The Bertz CT molecular complexity index is 744. The van der Waals surface area contributed by atoms with E-state index in [-0.39, 0.29) is 34.8 Å². The number of likely N-dealkylation sites (N-methyl/N-ethyl adjacent to an activating group) is 1. The van der Waals surface area contributed by atoms with Gasteiger partial charge < -0.3 is 25.3 Å². The zero-order chi connectivity index (χ0) is 16.7. The predicted molar refractivity (Wildman–Crippen MR) is 87.3 cm³/mol. The molecule has 4 N–H and O–H groups in total. The Morgan fingerprint density at radius 1 is 0.826 bits per heavy atom. The minimum Gasteiger partial charge on any atom is -0.504 e. The number of rotatable bonds is 1. The van der Waals surface area contributed by atoms with Crippen molar-refractivity contribution in [3.63, 3.8) is 0 Å². The quantitative estimate of drug-likeness (QED) is 0.608. The summed E-state index contributed by atoms with van der Waals surface area (Å²) in [6, 6.07) is 8.03. The van der Waals surface area contributed by atoms with Crippen molar-refractivity contribution in [2.75, 3.05) is 20.1 Å². The Hall–Kier alpha value is -2.40. The van der Waals surface area contributed by atoms with E-state index in [1.165, 1.54) is 6.07 Å². The summed E-state index contributed by atoms with van der Waals surface area (Å²) in [5, 5.41) is 39.1. The summed E-state index contributed by atoms with van der Waals surface area (Å²) in [4.78, 5) is 2.19. The molecule has 2 aromatic rings. The first-order valence-corrected chi connectivity index (χ1v) is 7.63. The molecule has 2 aromatic carbocycles. The molecule has 3 rings (SSSR count). The van der Waals surface area contributed by atoms with Gasteiger partial charge in [-0.1, -0.05) is 13.0 Å². The monoisotopic (exact) mass is 315 g/mol. The van der Waals surface area contributed by atoms with Crippen LogP contribution in [0.3, 0.4) is 0 Å². The summed E-state index contributed by atoms with van der Waals surface area (Å²) in [5.74, 6) is -0.444. The molecule has 1 heterocycles. The molecule has 0 bridgehead atoms. The van der Waals surface area contributed by atoms with Gasteiger partial charge in [-0.05, 0) is 53.9 Å². The molecule has 5 heteroatoms. The van der Waals surface area contributed by atoms with Crippen LogP contribution in [0, 0.1) is 0 Å². The largest absolute Gasteiger partial charge is 0.504 e. The molecule has 1 aliphatic rings. The third-order valence-corrected chi connectivity index (χ3v) is 4.57. The highest BCUT2D eigenvalue weighted by atomic mass is 16.3. The van der Waals surface area contributed by atoms with Crippen molar-refractivity contribution in [1.82, 2.24) is 4.90 Å². The van der Waals surface area contributed by atoms with Gasteiger partial charge in [0.2, 0.25) is 0 Å². The average Bonchev–Trinajstić information content (AvgIpc) is 2.60. The minimum absolute atomic E-state index is 0.0713. The van der Waals surface area contributed by atoms with E-state index in [9.17, 15) is 20.4 Å². The fraction of sp³-hybridized carbons (Fsp3) is 0.333. The zero-order valence-electron chi connectivity index (χ0n) is 13.2. The molecule has 0 saturated heterocycles. The molecule has 0 aliphatic carbocycles. The lowest BCUT2D eigenvalue weighted by Gasteiger charge is -2.22. The third kappa shape index (κ3) is 2.80. The Labute approximate surface area is 135 Å². The van der Waals surface area contributed by atoms with E-state index in [4.69, 9.17) is 0 Å². The van der Waals surface area contributed by atoms with Gasteiger partial charge in [-0.25, -0.2) is 0 Å². The van der Waals surface area contributed by atoms with Crippen LogP contribution in [0.2, 0.25) is 0 Å². The van der Waals surface area contributed by atoms with E-state index >= 15 is 0 Å². The number of fused-ring (bicyclic) bond motifs is 1. The minimum atomic E-state index is -0.160. The maximum Gasteiger partial charge on any atom is 0.157 e. The first-order valence-electron chi connectivity index (χ1n) is 7.63. The smallest absolute Gasteiger partial charge is 0.157 e. The van der Waals surface area contributed by atoms with E-state index < -0.39 is 0 Å². The van der Waals surface area contributed by atoms with E-state index in [2.05, 4.69) is 11.8 Å². The zero-order valence-corrected chi connectivity index (χ0v) is 13.2. The second-order valence-electron chi connectivity index (χ2n) is 6.39. The first kappa shape index (κ1) is 15.5. The van der Waals surface area contributed by atoms with Gasteiger partial charge in [0.1, 0.15) is 0 Å². The maximum absolute atomic E-state index is 9.93. The summed E-state index contributed by atoms with van der Waals surface area (Å²) in [6.07, 6.45) is 0. The van der Waals surface area contributed by atoms with Crippen LogP contribution < -0.4 is 0 Å². The molecule has 0 aromatic heterocycles. The topological polar surface area (TPSA) is 84.2 Å². The highest BCUT2D eigenvalue weighted by Crippen LogP contribution is 2.42. The summed E-state index contributed by atoms with van der Waals surface area (Å²) in [5.41, 5.74) is 2.78. The van der Waals surface area contributed by atoms with Crippen molar-refractivity contribution in [2.45, 2.75) is 18.8 Å². The summed E-state index contributed by atoms with van der Waals surface area (Å²) in [6.45, 7) is 3.63. The van der Waals surface area contributed by atoms with Gasteiger partial charge in [0.25, 0.3) is 0 Å². The Morgan fingerprint density at radius 3 is 2.09 bits per heavy atom. The van der Waals surface area contributed by atoms with Crippen molar-refractivity contribution in [2.24, 2.45) is 0 Å². The lowest BCUT2D eigenvalue weighted by atomic mass is 9.85. The first-order chi connectivity index (χ1) is 10.9. The van der Waals surface area contributed by atoms with Crippen molar-refractivity contribution >= 4 is 0 Å². The molecule has 5 nitrogen and oxygen atoms in total. The molecular weight excluding hydrogens is 294 g/mol. The highest BCUT2D eigenvalue weighted by Gasteiger charge is 2.28. The van der Waals surface area contributed by atoms with Gasteiger partial charge in [0.05, 0.1) is 0 Å². The van der Waals surface area contributed by atoms with E-state index in [1.54, 1.807) is 24.3 Å². The van der Waals surface area contributed by atoms with Crippen LogP contribution in [0.25, 0.3) is 0 Å². The van der Waals surface area contributed by atoms with Crippen LogP contribution in [0.1, 0.15) is 35.4 Å². The number of aromatic hydroxyl groups is 4. The summed E-state index contributed by atoms with van der Waals surface area (Å²) in [7, 11) is 2.02. The molecule has 0 spiro atoms. The van der Waals surface area contributed by atoms with Crippen LogP contribution in [-0.4, -0.2) is 45.5 Å². The van der Waals surface area contributed by atoms with Crippen molar-refractivity contribution in [3.05, 3.63) is 47.0 Å². The normalized spacial score (nSPS) is 21.7. The third-order valence-electron chi connectivity index (χ3n) is 4.57. The molecular formula is C18H21NO4. The van der Waals surface area contributed by atoms with Gasteiger partial charge in [0.15, 0.2) is 23.0 Å². The van der Waals surface area contributed by atoms with Gasteiger partial charge in [-0.2, -0.15) is 0 Å². The summed E-state index contributed by atoms with van der Waals surface area (Å²) < 4.78 is 0. The van der Waals surface area contributed by atoms with Crippen LogP contribution in [0.4, 0.5) is 0 Å². The van der Waals surface area contributed by atoms with Gasteiger partial charge in [-0.15, -0.1) is 0 Å². The maximum atomic E-state index is 9.93. The van der Waals surface area contributed by atoms with E-state index in [0.717, 1.165) is 23.2 Å².